The van der Waals surface area contributed by atoms with Crippen LogP contribution in [0.25, 0.3) is 0 Å². The highest BCUT2D eigenvalue weighted by atomic mass is 15.2. The molecule has 0 radical (unpaired) electrons. The van der Waals surface area contributed by atoms with Crippen molar-refractivity contribution in [3.05, 3.63) is 0 Å². The van der Waals surface area contributed by atoms with Crippen molar-refractivity contribution in [1.82, 2.24) is 10.2 Å². The molecule has 4 atom stereocenters. The van der Waals surface area contributed by atoms with E-state index in [4.69, 9.17) is 0 Å². The molecular formula is C15H30N2. The largest absolute Gasteiger partial charge is 0.314 e. The summed E-state index contributed by atoms with van der Waals surface area (Å²) in [5.74, 6) is 0. The molecule has 0 aromatic rings. The first-order valence-corrected chi connectivity index (χ1v) is 7.73. The SMILES string of the molecule is CCC1CCC(C)N1C(C)CC1CCCCN1. The highest BCUT2D eigenvalue weighted by Gasteiger charge is 2.33. The molecule has 0 aliphatic carbocycles. The zero-order valence-corrected chi connectivity index (χ0v) is 11.9. The highest BCUT2D eigenvalue weighted by Crippen LogP contribution is 2.30. The van der Waals surface area contributed by atoms with Gasteiger partial charge in [0.1, 0.15) is 0 Å². The molecule has 0 spiro atoms. The molecule has 1 N–H and O–H groups in total. The molecule has 100 valence electrons. The Labute approximate surface area is 107 Å². The van der Waals surface area contributed by atoms with Gasteiger partial charge in [-0.25, -0.2) is 0 Å². The average Bonchev–Trinajstić information content (AvgIpc) is 2.71. The normalized spacial score (nSPS) is 37.2. The summed E-state index contributed by atoms with van der Waals surface area (Å²) in [6.07, 6.45) is 9.69. The van der Waals surface area contributed by atoms with E-state index in [0.717, 1.165) is 24.2 Å². The zero-order valence-electron chi connectivity index (χ0n) is 11.9. The lowest BCUT2D eigenvalue weighted by Crippen LogP contribution is -2.46. The van der Waals surface area contributed by atoms with Crippen molar-refractivity contribution in [2.45, 2.75) is 89.9 Å². The van der Waals surface area contributed by atoms with Crippen molar-refractivity contribution in [3.63, 3.8) is 0 Å². The molecule has 2 aliphatic heterocycles. The second-order valence-electron chi connectivity index (χ2n) is 6.17. The summed E-state index contributed by atoms with van der Waals surface area (Å²) in [6.45, 7) is 8.45. The molecule has 0 aromatic heterocycles. The summed E-state index contributed by atoms with van der Waals surface area (Å²) in [4.78, 5) is 2.80. The minimum atomic E-state index is 0.757. The van der Waals surface area contributed by atoms with Gasteiger partial charge in [0.15, 0.2) is 0 Å². The van der Waals surface area contributed by atoms with Crippen LogP contribution < -0.4 is 5.32 Å². The van der Waals surface area contributed by atoms with E-state index in [9.17, 15) is 0 Å². The Morgan fingerprint density at radius 1 is 1.24 bits per heavy atom. The number of piperidine rings is 1. The van der Waals surface area contributed by atoms with Crippen molar-refractivity contribution < 1.29 is 0 Å². The van der Waals surface area contributed by atoms with Gasteiger partial charge in [-0.05, 0) is 58.9 Å². The van der Waals surface area contributed by atoms with E-state index < -0.39 is 0 Å². The molecular weight excluding hydrogens is 208 g/mol. The van der Waals surface area contributed by atoms with Crippen LogP contribution in [0.1, 0.15) is 65.7 Å². The van der Waals surface area contributed by atoms with E-state index in [1.54, 1.807) is 0 Å². The summed E-state index contributed by atoms with van der Waals surface area (Å²) in [7, 11) is 0. The maximum atomic E-state index is 3.69. The highest BCUT2D eigenvalue weighted by molar-refractivity contribution is 4.89. The first kappa shape index (κ1) is 13.4. The summed E-state index contributed by atoms with van der Waals surface area (Å²) in [6, 6.07) is 3.19. The quantitative estimate of drug-likeness (QED) is 0.809. The van der Waals surface area contributed by atoms with E-state index in [1.807, 2.05) is 0 Å². The number of nitrogens with zero attached hydrogens (tertiary/aromatic N) is 1. The standard InChI is InChI=1S/C15H30N2/c1-4-15-9-8-12(2)17(15)13(3)11-14-7-5-6-10-16-14/h12-16H,4-11H2,1-3H3. The molecule has 2 aliphatic rings. The Kier molecular flexibility index (Phi) is 4.87. The van der Waals surface area contributed by atoms with Gasteiger partial charge in [-0.2, -0.15) is 0 Å². The Morgan fingerprint density at radius 3 is 2.71 bits per heavy atom. The molecule has 0 aromatic carbocycles. The fourth-order valence-electron chi connectivity index (χ4n) is 3.96. The number of nitrogens with one attached hydrogen (secondary N) is 1. The summed E-state index contributed by atoms with van der Waals surface area (Å²) in [5, 5.41) is 3.69. The van der Waals surface area contributed by atoms with Gasteiger partial charge in [0.05, 0.1) is 0 Å². The fraction of sp³-hybridized carbons (Fsp3) is 1.00. The smallest absolute Gasteiger partial charge is 0.00988 e. The molecule has 0 bridgehead atoms. The van der Waals surface area contributed by atoms with Crippen molar-refractivity contribution in [1.29, 1.82) is 0 Å². The van der Waals surface area contributed by atoms with Crippen LogP contribution in [0.15, 0.2) is 0 Å². The monoisotopic (exact) mass is 238 g/mol. The topological polar surface area (TPSA) is 15.3 Å². The van der Waals surface area contributed by atoms with Crippen LogP contribution >= 0.6 is 0 Å². The van der Waals surface area contributed by atoms with Crippen LogP contribution in [0.2, 0.25) is 0 Å². The molecule has 0 saturated carbocycles. The van der Waals surface area contributed by atoms with E-state index in [-0.39, 0.29) is 0 Å². The molecule has 2 heteroatoms. The second-order valence-corrected chi connectivity index (χ2v) is 6.17. The van der Waals surface area contributed by atoms with Crippen LogP contribution in [0.4, 0.5) is 0 Å². The Balaban J connectivity index is 1.86. The predicted molar refractivity (Wildman–Crippen MR) is 74.3 cm³/mol. The number of hydrogen-bond donors (Lipinski definition) is 1. The lowest BCUT2D eigenvalue weighted by Gasteiger charge is -2.37. The number of rotatable bonds is 4. The van der Waals surface area contributed by atoms with E-state index in [0.29, 0.717) is 0 Å². The lowest BCUT2D eigenvalue weighted by atomic mass is 9.97. The van der Waals surface area contributed by atoms with Crippen LogP contribution in [0, 0.1) is 0 Å². The van der Waals surface area contributed by atoms with Gasteiger partial charge in [0.25, 0.3) is 0 Å². The molecule has 2 fully saturated rings. The molecule has 2 rings (SSSR count). The Hall–Kier alpha value is -0.0800. The molecule has 2 nitrogen and oxygen atoms in total. The van der Waals surface area contributed by atoms with Crippen molar-refractivity contribution >= 4 is 0 Å². The minimum absolute atomic E-state index is 0.757. The molecule has 4 unspecified atom stereocenters. The first-order valence-electron chi connectivity index (χ1n) is 7.73. The van der Waals surface area contributed by atoms with Gasteiger partial charge in [-0.1, -0.05) is 13.3 Å². The van der Waals surface area contributed by atoms with Gasteiger partial charge >= 0.3 is 0 Å². The summed E-state index contributed by atoms with van der Waals surface area (Å²) < 4.78 is 0. The van der Waals surface area contributed by atoms with Gasteiger partial charge in [-0.15, -0.1) is 0 Å². The van der Waals surface area contributed by atoms with E-state index in [1.165, 1.54) is 51.5 Å². The van der Waals surface area contributed by atoms with Gasteiger partial charge in [-0.3, -0.25) is 4.90 Å². The predicted octanol–water partition coefficient (Wildman–Crippen LogP) is 3.17. The lowest BCUT2D eigenvalue weighted by molar-refractivity contribution is 0.124. The Bertz CT molecular complexity index is 223. The third-order valence-electron chi connectivity index (χ3n) is 4.87. The van der Waals surface area contributed by atoms with E-state index >= 15 is 0 Å². The molecule has 2 saturated heterocycles. The van der Waals surface area contributed by atoms with Gasteiger partial charge in [0.2, 0.25) is 0 Å². The maximum absolute atomic E-state index is 3.69. The summed E-state index contributed by atoms with van der Waals surface area (Å²) in [5.41, 5.74) is 0. The molecule has 17 heavy (non-hydrogen) atoms. The fourth-order valence-corrected chi connectivity index (χ4v) is 3.96. The van der Waals surface area contributed by atoms with Crippen LogP contribution in [-0.4, -0.2) is 35.6 Å². The zero-order chi connectivity index (χ0) is 12.3. The van der Waals surface area contributed by atoms with Crippen molar-refractivity contribution in [3.8, 4) is 0 Å². The minimum Gasteiger partial charge on any atom is -0.314 e. The Morgan fingerprint density at radius 2 is 2.06 bits per heavy atom. The van der Waals surface area contributed by atoms with Crippen LogP contribution in [0.5, 0.6) is 0 Å². The number of likely N-dealkylation sites (tertiary alicyclic amines) is 1. The molecule has 2 heterocycles. The number of hydrogen-bond acceptors (Lipinski definition) is 2. The van der Waals surface area contributed by atoms with Crippen LogP contribution in [0.3, 0.4) is 0 Å². The third-order valence-corrected chi connectivity index (χ3v) is 4.87. The van der Waals surface area contributed by atoms with E-state index in [2.05, 4.69) is 31.0 Å². The van der Waals surface area contributed by atoms with Crippen molar-refractivity contribution in [2.75, 3.05) is 6.54 Å². The average molecular weight is 238 g/mol. The third kappa shape index (κ3) is 3.23. The van der Waals surface area contributed by atoms with Crippen molar-refractivity contribution in [2.24, 2.45) is 0 Å². The van der Waals surface area contributed by atoms with Gasteiger partial charge in [0, 0.05) is 24.2 Å². The van der Waals surface area contributed by atoms with Crippen LogP contribution in [-0.2, 0) is 0 Å². The van der Waals surface area contributed by atoms with Gasteiger partial charge < -0.3 is 5.32 Å². The summed E-state index contributed by atoms with van der Waals surface area (Å²) >= 11 is 0. The maximum Gasteiger partial charge on any atom is 0.00988 e. The second kappa shape index (κ2) is 6.19. The molecule has 0 amide bonds. The first-order chi connectivity index (χ1) is 8.22.